The Hall–Kier alpha value is -3.96. The van der Waals surface area contributed by atoms with Crippen molar-refractivity contribution in [1.29, 1.82) is 5.41 Å². The predicted octanol–water partition coefficient (Wildman–Crippen LogP) is 2.52. The molecule has 1 saturated heterocycles. The fourth-order valence-corrected chi connectivity index (χ4v) is 3.79. The molecule has 1 fully saturated rings. The van der Waals surface area contributed by atoms with Crippen molar-refractivity contribution in [1.82, 2.24) is 19.9 Å². The van der Waals surface area contributed by atoms with Crippen LogP contribution in [0.4, 0.5) is 23.9 Å². The van der Waals surface area contributed by atoms with Gasteiger partial charge in [0.05, 0.1) is 12.2 Å². The molecular formula is C21H21F3N8O. The lowest BCUT2D eigenvalue weighted by Gasteiger charge is -2.37. The molecule has 2 aliphatic rings. The van der Waals surface area contributed by atoms with E-state index in [0.29, 0.717) is 38.2 Å². The van der Waals surface area contributed by atoms with E-state index >= 15 is 0 Å². The van der Waals surface area contributed by atoms with E-state index in [1.54, 1.807) is 16.0 Å². The maximum Gasteiger partial charge on any atom is 0.341 e. The third-order valence-corrected chi connectivity index (χ3v) is 5.47. The molecule has 0 unspecified atom stereocenters. The van der Waals surface area contributed by atoms with Gasteiger partial charge in [0.1, 0.15) is 17.3 Å². The lowest BCUT2D eigenvalue weighted by molar-refractivity contribution is 0.139. The number of hydrogen-bond acceptors (Lipinski definition) is 7. The second-order valence-corrected chi connectivity index (χ2v) is 7.49. The van der Waals surface area contributed by atoms with Gasteiger partial charge in [-0.25, -0.2) is 32.9 Å². The van der Waals surface area contributed by atoms with Gasteiger partial charge in [-0.05, 0) is 17.7 Å². The molecule has 4 rings (SSSR count). The number of nitrogens with two attached hydrogens (primary N) is 1. The van der Waals surface area contributed by atoms with Crippen LogP contribution in [0.3, 0.4) is 0 Å². The molecule has 33 heavy (non-hydrogen) atoms. The van der Waals surface area contributed by atoms with Gasteiger partial charge in [0, 0.05) is 62.9 Å². The zero-order chi connectivity index (χ0) is 23.5. The minimum absolute atomic E-state index is 0.0763. The van der Waals surface area contributed by atoms with Crippen molar-refractivity contribution in [3.63, 3.8) is 0 Å². The molecule has 3 N–H and O–H groups in total. The van der Waals surface area contributed by atoms with Gasteiger partial charge in [0.25, 0.3) is 0 Å². The highest BCUT2D eigenvalue weighted by atomic mass is 19.1. The number of piperazine rings is 1. The van der Waals surface area contributed by atoms with Crippen LogP contribution in [0.1, 0.15) is 23.7 Å². The number of rotatable bonds is 4. The summed E-state index contributed by atoms with van der Waals surface area (Å²) in [5, 5.41) is 12.7. The fourth-order valence-electron chi connectivity index (χ4n) is 3.79. The van der Waals surface area contributed by atoms with E-state index in [-0.39, 0.29) is 23.2 Å². The summed E-state index contributed by atoms with van der Waals surface area (Å²) >= 11 is 0. The molecule has 2 aliphatic heterocycles. The first-order valence-electron chi connectivity index (χ1n) is 10.2. The highest BCUT2D eigenvalue weighted by Gasteiger charge is 2.34. The maximum absolute atomic E-state index is 14.1. The highest BCUT2D eigenvalue weighted by Crippen LogP contribution is 2.30. The lowest BCUT2D eigenvalue weighted by atomic mass is 10.0. The summed E-state index contributed by atoms with van der Waals surface area (Å²) < 4.78 is 41.4. The van der Waals surface area contributed by atoms with Crippen LogP contribution in [0, 0.1) is 22.9 Å². The number of allylic oxidation sites excluding steroid dienone is 1. The van der Waals surface area contributed by atoms with E-state index in [9.17, 15) is 18.0 Å². The summed E-state index contributed by atoms with van der Waals surface area (Å²) in [5.41, 5.74) is 5.82. The van der Waals surface area contributed by atoms with Crippen LogP contribution in [-0.4, -0.2) is 64.5 Å². The minimum atomic E-state index is -0.716. The summed E-state index contributed by atoms with van der Waals surface area (Å²) in [6.45, 7) is 1.38. The first-order valence-corrected chi connectivity index (χ1v) is 10.2. The Labute approximate surface area is 187 Å². The molecular weight excluding hydrogens is 437 g/mol. The Kier molecular flexibility index (Phi) is 6.24. The smallest absolute Gasteiger partial charge is 0.341 e. The van der Waals surface area contributed by atoms with Gasteiger partial charge in [-0.1, -0.05) is 0 Å². The molecule has 1 aromatic heterocycles. The molecule has 0 radical (unpaired) electrons. The molecule has 2 amide bonds. The highest BCUT2D eigenvalue weighted by molar-refractivity contribution is 6.07. The van der Waals surface area contributed by atoms with E-state index in [2.05, 4.69) is 15.1 Å². The number of halogens is 3. The molecule has 1 atom stereocenters. The number of amides is 2. The van der Waals surface area contributed by atoms with Crippen LogP contribution < -0.4 is 10.6 Å². The van der Waals surface area contributed by atoms with E-state index in [1.165, 1.54) is 17.1 Å². The molecule has 0 spiro atoms. The number of carbonyl (C=O) groups is 1. The average molecular weight is 458 g/mol. The standard InChI is InChI=1S/C21H21F3N8O/c22-15-7-13(8-16(23)9-15)18-1-2-28-32(18)21(33)31-5-3-30(4-6-31)20-27-12-17(24)19(29-20)14(10-25)11-26/h2,7-12,18,25H,1,3-6,26H2/t18-/m0/s1. The zero-order valence-corrected chi connectivity index (χ0v) is 17.5. The molecule has 0 saturated carbocycles. The first-order chi connectivity index (χ1) is 15.9. The Balaban J connectivity index is 1.45. The second-order valence-electron chi connectivity index (χ2n) is 7.49. The summed E-state index contributed by atoms with van der Waals surface area (Å²) in [6.07, 6.45) is 4.91. The van der Waals surface area contributed by atoms with Crippen molar-refractivity contribution in [2.75, 3.05) is 31.1 Å². The van der Waals surface area contributed by atoms with Gasteiger partial charge >= 0.3 is 6.03 Å². The molecule has 3 heterocycles. The van der Waals surface area contributed by atoms with Gasteiger partial charge < -0.3 is 20.9 Å². The van der Waals surface area contributed by atoms with Crippen LogP contribution in [-0.2, 0) is 0 Å². The van der Waals surface area contributed by atoms with Crippen molar-refractivity contribution in [3.05, 3.63) is 59.3 Å². The Morgan fingerprint density at radius 3 is 2.45 bits per heavy atom. The van der Waals surface area contributed by atoms with Gasteiger partial charge in [-0.3, -0.25) is 0 Å². The summed E-state index contributed by atoms with van der Waals surface area (Å²) in [4.78, 5) is 24.6. The number of nitrogens with zero attached hydrogens (tertiary/aromatic N) is 6. The number of nitrogens with one attached hydrogen (secondary N) is 1. The minimum Gasteiger partial charge on any atom is -0.404 e. The number of hydrogen-bond donors (Lipinski definition) is 2. The molecule has 1 aromatic carbocycles. The molecule has 9 nitrogen and oxygen atoms in total. The zero-order valence-electron chi connectivity index (χ0n) is 17.5. The fraction of sp³-hybridized carbons (Fsp3) is 0.286. The van der Waals surface area contributed by atoms with Crippen LogP contribution in [0.25, 0.3) is 5.57 Å². The van der Waals surface area contributed by atoms with Gasteiger partial charge in [0.15, 0.2) is 5.82 Å². The molecule has 172 valence electrons. The van der Waals surface area contributed by atoms with Gasteiger partial charge in [-0.15, -0.1) is 0 Å². The van der Waals surface area contributed by atoms with Crippen LogP contribution in [0.2, 0.25) is 0 Å². The maximum atomic E-state index is 14.1. The van der Waals surface area contributed by atoms with E-state index in [0.717, 1.165) is 24.7 Å². The largest absolute Gasteiger partial charge is 0.404 e. The van der Waals surface area contributed by atoms with Gasteiger partial charge in [0.2, 0.25) is 5.95 Å². The third-order valence-electron chi connectivity index (χ3n) is 5.47. The number of aromatic nitrogens is 2. The lowest BCUT2D eigenvalue weighted by Crippen LogP contribution is -2.52. The number of urea groups is 1. The normalized spacial score (nSPS) is 18.7. The number of carbonyl (C=O) groups excluding carboxylic acids is 1. The molecule has 12 heteroatoms. The van der Waals surface area contributed by atoms with E-state index in [1.807, 2.05) is 0 Å². The van der Waals surface area contributed by atoms with Crippen LogP contribution in [0.15, 0.2) is 35.7 Å². The van der Waals surface area contributed by atoms with E-state index < -0.39 is 23.5 Å². The van der Waals surface area contributed by atoms with Crippen molar-refractivity contribution < 1.29 is 18.0 Å². The van der Waals surface area contributed by atoms with Crippen LogP contribution >= 0.6 is 0 Å². The second kappa shape index (κ2) is 9.27. The van der Waals surface area contributed by atoms with E-state index in [4.69, 9.17) is 11.1 Å². The summed E-state index contributed by atoms with van der Waals surface area (Å²) in [6, 6.07) is 2.20. The van der Waals surface area contributed by atoms with Gasteiger partial charge in [-0.2, -0.15) is 5.10 Å². The average Bonchev–Trinajstić information content (AvgIpc) is 3.30. The molecule has 2 aromatic rings. The molecule has 0 bridgehead atoms. The monoisotopic (exact) mass is 458 g/mol. The number of benzene rings is 1. The quantitative estimate of drug-likeness (QED) is 0.684. The topological polar surface area (TPSA) is 115 Å². The van der Waals surface area contributed by atoms with Crippen molar-refractivity contribution in [2.45, 2.75) is 12.5 Å². The summed E-state index contributed by atoms with van der Waals surface area (Å²) in [7, 11) is 0. The number of hydrazone groups is 1. The van der Waals surface area contributed by atoms with Crippen molar-refractivity contribution >= 4 is 30.0 Å². The SMILES string of the molecule is N=CC(=CN)c1nc(N2CCN(C(=O)N3N=CC[C@H]3c3cc(F)cc(F)c3)CC2)ncc1F. The van der Waals surface area contributed by atoms with Crippen molar-refractivity contribution in [2.24, 2.45) is 10.8 Å². The molecule has 0 aliphatic carbocycles. The van der Waals surface area contributed by atoms with Crippen LogP contribution in [0.5, 0.6) is 0 Å². The number of anilines is 1. The van der Waals surface area contributed by atoms with Crippen molar-refractivity contribution in [3.8, 4) is 0 Å². The summed E-state index contributed by atoms with van der Waals surface area (Å²) in [5.74, 6) is -1.87. The first kappa shape index (κ1) is 22.2. The third kappa shape index (κ3) is 4.49. The Morgan fingerprint density at radius 2 is 1.82 bits per heavy atom. The Morgan fingerprint density at radius 1 is 1.12 bits per heavy atom. The Bertz CT molecular complexity index is 1110. The predicted molar refractivity (Wildman–Crippen MR) is 116 cm³/mol.